The first-order valence-corrected chi connectivity index (χ1v) is 7.16. The zero-order valence-electron chi connectivity index (χ0n) is 12.5. The third kappa shape index (κ3) is 3.15. The molecule has 3 aromatic rings. The molecule has 0 spiro atoms. The highest BCUT2D eigenvalue weighted by Gasteiger charge is 2.30. The Morgan fingerprint density at radius 1 is 1.00 bits per heavy atom. The Hall–Kier alpha value is -3.07. The molecule has 2 aromatic carbocycles. The SMILES string of the molecule is N#Cc1cnc(-c2ccc(C(F)(F)F)cc2)n1Cc1ccccc1. The molecule has 0 unspecified atom stereocenters. The smallest absolute Gasteiger partial charge is 0.311 e. The maximum atomic E-state index is 12.7. The number of hydrogen-bond acceptors (Lipinski definition) is 2. The fourth-order valence-electron chi connectivity index (χ4n) is 2.43. The standard InChI is InChI=1S/C18H12F3N3/c19-18(20,21)15-8-6-14(7-9-15)17-23-11-16(10-22)24(17)12-13-4-2-1-3-5-13/h1-9,11H,12H2. The van der Waals surface area contributed by atoms with Crippen molar-refractivity contribution in [3.05, 3.63) is 77.6 Å². The summed E-state index contributed by atoms with van der Waals surface area (Å²) in [7, 11) is 0. The molecule has 0 saturated heterocycles. The fraction of sp³-hybridized carbons (Fsp3) is 0.111. The van der Waals surface area contributed by atoms with Gasteiger partial charge in [-0.1, -0.05) is 42.5 Å². The van der Waals surface area contributed by atoms with E-state index in [0.717, 1.165) is 17.7 Å². The minimum atomic E-state index is -4.38. The molecule has 24 heavy (non-hydrogen) atoms. The molecular formula is C18H12F3N3. The first kappa shape index (κ1) is 15.8. The van der Waals surface area contributed by atoms with Crippen molar-refractivity contribution in [2.75, 3.05) is 0 Å². The number of hydrogen-bond donors (Lipinski definition) is 0. The Kier molecular flexibility index (Phi) is 4.09. The second kappa shape index (κ2) is 6.20. The molecule has 0 saturated carbocycles. The maximum absolute atomic E-state index is 12.7. The summed E-state index contributed by atoms with van der Waals surface area (Å²) in [4.78, 5) is 4.20. The van der Waals surface area contributed by atoms with Crippen LogP contribution in [0.2, 0.25) is 0 Å². The van der Waals surface area contributed by atoms with Crippen molar-refractivity contribution in [3.8, 4) is 17.5 Å². The van der Waals surface area contributed by atoms with Crippen LogP contribution in [0.15, 0.2) is 60.8 Å². The van der Waals surface area contributed by atoms with Gasteiger partial charge in [0, 0.05) is 5.56 Å². The lowest BCUT2D eigenvalue weighted by atomic mass is 10.1. The van der Waals surface area contributed by atoms with E-state index in [-0.39, 0.29) is 0 Å². The summed E-state index contributed by atoms with van der Waals surface area (Å²) >= 11 is 0. The number of imidazole rings is 1. The van der Waals surface area contributed by atoms with Crippen LogP contribution >= 0.6 is 0 Å². The second-order valence-corrected chi connectivity index (χ2v) is 5.23. The summed E-state index contributed by atoms with van der Waals surface area (Å²) < 4.78 is 39.7. The van der Waals surface area contributed by atoms with E-state index in [4.69, 9.17) is 0 Å². The first-order chi connectivity index (χ1) is 11.5. The molecule has 0 aliphatic rings. The monoisotopic (exact) mass is 327 g/mol. The third-order valence-corrected chi connectivity index (χ3v) is 3.62. The molecule has 0 bridgehead atoms. The highest BCUT2D eigenvalue weighted by Crippen LogP contribution is 2.31. The minimum absolute atomic E-state index is 0.355. The summed E-state index contributed by atoms with van der Waals surface area (Å²) in [5.74, 6) is 0.462. The Morgan fingerprint density at radius 3 is 2.25 bits per heavy atom. The van der Waals surface area contributed by atoms with Crippen LogP contribution in [0.4, 0.5) is 13.2 Å². The molecular weight excluding hydrogens is 315 g/mol. The number of nitriles is 1. The average Bonchev–Trinajstić information content (AvgIpc) is 2.98. The van der Waals surface area contributed by atoms with Crippen molar-refractivity contribution in [2.45, 2.75) is 12.7 Å². The van der Waals surface area contributed by atoms with Crippen LogP contribution in [0, 0.1) is 11.3 Å². The summed E-state index contributed by atoms with van der Waals surface area (Å²) in [6.07, 6.45) is -2.95. The predicted octanol–water partition coefficient (Wildman–Crippen LogP) is 4.49. The van der Waals surface area contributed by atoms with E-state index < -0.39 is 11.7 Å². The van der Waals surface area contributed by atoms with Gasteiger partial charge in [-0.3, -0.25) is 0 Å². The van der Waals surface area contributed by atoms with Gasteiger partial charge in [-0.25, -0.2) is 4.98 Å². The van der Waals surface area contributed by atoms with Crippen molar-refractivity contribution >= 4 is 0 Å². The largest absolute Gasteiger partial charge is 0.416 e. The van der Waals surface area contributed by atoms with Gasteiger partial charge in [0.15, 0.2) is 0 Å². The van der Waals surface area contributed by atoms with E-state index in [2.05, 4.69) is 11.1 Å². The lowest BCUT2D eigenvalue weighted by molar-refractivity contribution is -0.137. The molecule has 1 heterocycles. The van der Waals surface area contributed by atoms with E-state index in [0.29, 0.717) is 23.6 Å². The van der Waals surface area contributed by atoms with Gasteiger partial charge >= 0.3 is 6.18 Å². The molecule has 1 aromatic heterocycles. The Balaban J connectivity index is 2.00. The van der Waals surface area contributed by atoms with Crippen LogP contribution in [0.1, 0.15) is 16.8 Å². The second-order valence-electron chi connectivity index (χ2n) is 5.23. The van der Waals surface area contributed by atoms with E-state index in [9.17, 15) is 18.4 Å². The summed E-state index contributed by atoms with van der Waals surface area (Å²) in [6.45, 7) is 0.417. The average molecular weight is 327 g/mol. The molecule has 0 amide bonds. The van der Waals surface area contributed by atoms with E-state index in [1.807, 2.05) is 30.3 Å². The molecule has 0 atom stereocenters. The third-order valence-electron chi connectivity index (χ3n) is 3.62. The van der Waals surface area contributed by atoms with Gasteiger partial charge in [0.25, 0.3) is 0 Å². The van der Waals surface area contributed by atoms with Gasteiger partial charge in [-0.05, 0) is 17.7 Å². The van der Waals surface area contributed by atoms with Crippen LogP contribution in [0.25, 0.3) is 11.4 Å². The Labute approximate surface area is 136 Å². The normalized spacial score (nSPS) is 11.2. The quantitative estimate of drug-likeness (QED) is 0.711. The lowest BCUT2D eigenvalue weighted by Crippen LogP contribution is -2.06. The molecule has 3 nitrogen and oxygen atoms in total. The lowest BCUT2D eigenvalue weighted by Gasteiger charge is -2.11. The highest BCUT2D eigenvalue weighted by molar-refractivity contribution is 5.58. The van der Waals surface area contributed by atoms with Gasteiger partial charge in [-0.2, -0.15) is 18.4 Å². The van der Waals surface area contributed by atoms with E-state index >= 15 is 0 Å². The first-order valence-electron chi connectivity index (χ1n) is 7.16. The zero-order chi connectivity index (χ0) is 17.2. The molecule has 120 valence electrons. The van der Waals surface area contributed by atoms with Crippen LogP contribution in [-0.4, -0.2) is 9.55 Å². The van der Waals surface area contributed by atoms with Gasteiger partial charge in [0.05, 0.1) is 18.3 Å². The van der Waals surface area contributed by atoms with Gasteiger partial charge in [0.2, 0.25) is 0 Å². The van der Waals surface area contributed by atoms with E-state index in [1.165, 1.54) is 18.3 Å². The number of nitrogens with zero attached hydrogens (tertiary/aromatic N) is 3. The molecule has 0 aliphatic heterocycles. The van der Waals surface area contributed by atoms with Crippen LogP contribution in [0.5, 0.6) is 0 Å². The molecule has 3 rings (SSSR count). The summed E-state index contributed by atoms with van der Waals surface area (Å²) in [5.41, 5.74) is 1.14. The number of rotatable bonds is 3. The molecule has 0 radical (unpaired) electrons. The number of benzene rings is 2. The molecule has 0 aliphatic carbocycles. The van der Waals surface area contributed by atoms with Gasteiger partial charge in [0.1, 0.15) is 17.6 Å². The van der Waals surface area contributed by atoms with Crippen molar-refractivity contribution in [1.82, 2.24) is 9.55 Å². The fourth-order valence-corrected chi connectivity index (χ4v) is 2.43. The topological polar surface area (TPSA) is 41.6 Å². The van der Waals surface area contributed by atoms with Gasteiger partial charge in [-0.15, -0.1) is 0 Å². The predicted molar refractivity (Wildman–Crippen MR) is 82.9 cm³/mol. The van der Waals surface area contributed by atoms with Crippen LogP contribution in [0.3, 0.4) is 0 Å². The highest BCUT2D eigenvalue weighted by atomic mass is 19.4. The van der Waals surface area contributed by atoms with Crippen molar-refractivity contribution in [1.29, 1.82) is 5.26 Å². The molecule has 0 N–H and O–H groups in total. The minimum Gasteiger partial charge on any atom is -0.311 e. The maximum Gasteiger partial charge on any atom is 0.416 e. The zero-order valence-corrected chi connectivity index (χ0v) is 12.5. The molecule has 6 heteroatoms. The van der Waals surface area contributed by atoms with Gasteiger partial charge < -0.3 is 4.57 Å². The molecule has 0 fully saturated rings. The number of halogens is 3. The van der Waals surface area contributed by atoms with Crippen LogP contribution in [-0.2, 0) is 12.7 Å². The van der Waals surface area contributed by atoms with Crippen molar-refractivity contribution < 1.29 is 13.2 Å². The number of aromatic nitrogens is 2. The van der Waals surface area contributed by atoms with E-state index in [1.54, 1.807) is 4.57 Å². The number of alkyl halides is 3. The summed E-state index contributed by atoms with van der Waals surface area (Å²) in [5, 5.41) is 9.25. The van der Waals surface area contributed by atoms with Crippen molar-refractivity contribution in [3.63, 3.8) is 0 Å². The Bertz CT molecular complexity index is 873. The Morgan fingerprint density at radius 2 is 1.67 bits per heavy atom. The van der Waals surface area contributed by atoms with Crippen LogP contribution < -0.4 is 0 Å². The summed E-state index contributed by atoms with van der Waals surface area (Å²) in [6, 6.07) is 16.3. The van der Waals surface area contributed by atoms with Crippen molar-refractivity contribution in [2.24, 2.45) is 0 Å².